The van der Waals surface area contributed by atoms with Gasteiger partial charge in [-0.05, 0) is 18.6 Å². The molecule has 22 heavy (non-hydrogen) atoms. The number of benzene rings is 1. The second-order valence-electron chi connectivity index (χ2n) is 4.86. The third kappa shape index (κ3) is 3.01. The van der Waals surface area contributed by atoms with Crippen LogP contribution in [0.3, 0.4) is 0 Å². The quantitative estimate of drug-likeness (QED) is 0.677. The number of phenols is 1. The van der Waals surface area contributed by atoms with Crippen molar-refractivity contribution in [3.8, 4) is 5.75 Å². The van der Waals surface area contributed by atoms with E-state index in [2.05, 4.69) is 22.1 Å². The van der Waals surface area contributed by atoms with E-state index in [9.17, 15) is 9.90 Å². The van der Waals surface area contributed by atoms with Crippen LogP contribution in [-0.2, 0) is 12.3 Å². The van der Waals surface area contributed by atoms with Crippen molar-refractivity contribution in [2.75, 3.05) is 0 Å². The van der Waals surface area contributed by atoms with Crippen molar-refractivity contribution < 1.29 is 9.52 Å². The van der Waals surface area contributed by atoms with Crippen molar-refractivity contribution in [3.05, 3.63) is 34.6 Å². The molecule has 7 nitrogen and oxygen atoms in total. The lowest BCUT2D eigenvalue weighted by Crippen LogP contribution is -2.17. The third-order valence-corrected chi connectivity index (χ3v) is 4.16. The molecule has 0 saturated carbocycles. The number of aromatic amines is 1. The summed E-state index contributed by atoms with van der Waals surface area (Å²) in [5, 5.41) is 16.6. The predicted molar refractivity (Wildman–Crippen MR) is 83.0 cm³/mol. The van der Waals surface area contributed by atoms with E-state index >= 15 is 0 Å². The van der Waals surface area contributed by atoms with Crippen molar-refractivity contribution in [1.29, 1.82) is 0 Å². The van der Waals surface area contributed by atoms with E-state index in [1.54, 1.807) is 16.7 Å². The van der Waals surface area contributed by atoms with Crippen molar-refractivity contribution in [3.63, 3.8) is 0 Å². The van der Waals surface area contributed by atoms with Crippen molar-refractivity contribution >= 4 is 22.9 Å². The summed E-state index contributed by atoms with van der Waals surface area (Å²) in [7, 11) is 0. The minimum atomic E-state index is -0.196. The molecule has 0 bridgehead atoms. The van der Waals surface area contributed by atoms with Gasteiger partial charge in [-0.15, -0.1) is 5.10 Å². The molecule has 116 valence electrons. The number of thioether (sulfide) groups is 1. The molecule has 1 aromatic carbocycles. The van der Waals surface area contributed by atoms with Crippen LogP contribution in [0, 0.1) is 0 Å². The fourth-order valence-corrected chi connectivity index (χ4v) is 2.89. The first-order valence-corrected chi connectivity index (χ1v) is 8.02. The van der Waals surface area contributed by atoms with Crippen molar-refractivity contribution in [2.45, 2.75) is 37.2 Å². The average Bonchev–Trinajstić information content (AvgIpc) is 3.06. The molecule has 3 aromatic rings. The van der Waals surface area contributed by atoms with Crippen LogP contribution < -0.4 is 5.69 Å². The molecule has 0 aliphatic heterocycles. The lowest BCUT2D eigenvalue weighted by Gasteiger charge is -2.02. The molecule has 0 aliphatic rings. The molecule has 3 rings (SSSR count). The van der Waals surface area contributed by atoms with Gasteiger partial charge in [-0.3, -0.25) is 4.57 Å². The first-order valence-electron chi connectivity index (χ1n) is 7.04. The van der Waals surface area contributed by atoms with Gasteiger partial charge in [0.15, 0.2) is 10.7 Å². The Hall–Kier alpha value is -2.22. The van der Waals surface area contributed by atoms with Gasteiger partial charge >= 0.3 is 5.69 Å². The molecule has 2 aromatic heterocycles. The van der Waals surface area contributed by atoms with Crippen LogP contribution in [0.25, 0.3) is 11.1 Å². The molecule has 0 radical (unpaired) electrons. The number of nitrogens with zero attached hydrogens (tertiary/aromatic N) is 3. The number of unbranched alkanes of at least 4 members (excludes halogenated alkanes) is 1. The maximum Gasteiger partial charge on any atom is 0.343 e. The summed E-state index contributed by atoms with van der Waals surface area (Å²) in [6.07, 6.45) is 1.94. The van der Waals surface area contributed by atoms with Gasteiger partial charge in [-0.1, -0.05) is 25.1 Å². The number of phenolic OH excluding ortho intramolecular Hbond substituents is 1. The first kappa shape index (κ1) is 14.7. The summed E-state index contributed by atoms with van der Waals surface area (Å²) in [6, 6.07) is 4.80. The molecule has 2 N–H and O–H groups in total. The molecule has 0 spiro atoms. The van der Waals surface area contributed by atoms with Crippen LogP contribution in [0.4, 0.5) is 0 Å². The lowest BCUT2D eigenvalue weighted by molar-refractivity contribution is 0.473. The highest BCUT2D eigenvalue weighted by molar-refractivity contribution is 7.98. The number of rotatable bonds is 6. The van der Waals surface area contributed by atoms with Gasteiger partial charge in [-0.25, -0.2) is 14.9 Å². The van der Waals surface area contributed by atoms with E-state index in [0.29, 0.717) is 34.4 Å². The largest absolute Gasteiger partial charge is 0.508 e. The molecule has 8 heteroatoms. The van der Waals surface area contributed by atoms with E-state index < -0.39 is 0 Å². The van der Waals surface area contributed by atoms with Crippen molar-refractivity contribution in [1.82, 2.24) is 19.7 Å². The highest BCUT2D eigenvalue weighted by Gasteiger charge is 2.12. The molecule has 2 heterocycles. The van der Waals surface area contributed by atoms with Gasteiger partial charge in [0.25, 0.3) is 0 Å². The van der Waals surface area contributed by atoms with Crippen LogP contribution in [0.2, 0.25) is 0 Å². The van der Waals surface area contributed by atoms with Gasteiger partial charge in [0.1, 0.15) is 11.3 Å². The van der Waals surface area contributed by atoms with Crippen LogP contribution in [0.5, 0.6) is 5.75 Å². The van der Waals surface area contributed by atoms with E-state index in [1.165, 1.54) is 17.8 Å². The summed E-state index contributed by atoms with van der Waals surface area (Å²) in [5.74, 6) is 1.14. The van der Waals surface area contributed by atoms with Crippen LogP contribution >= 0.6 is 11.8 Å². The summed E-state index contributed by atoms with van der Waals surface area (Å²) in [6.45, 7) is 2.72. The number of hydrogen-bond acceptors (Lipinski definition) is 6. The molecule has 0 amide bonds. The monoisotopic (exact) mass is 320 g/mol. The fourth-order valence-electron chi connectivity index (χ4n) is 2.08. The zero-order valence-electron chi connectivity index (χ0n) is 12.1. The molecular weight excluding hydrogens is 304 g/mol. The lowest BCUT2D eigenvalue weighted by atomic mass is 10.3. The smallest absolute Gasteiger partial charge is 0.343 e. The predicted octanol–water partition coefficient (Wildman–Crippen LogP) is 2.51. The Morgan fingerprint density at radius 2 is 2.32 bits per heavy atom. The van der Waals surface area contributed by atoms with Crippen LogP contribution in [0.1, 0.15) is 25.7 Å². The Balaban J connectivity index is 1.75. The maximum absolute atomic E-state index is 11.7. The summed E-state index contributed by atoms with van der Waals surface area (Å²) < 4.78 is 7.21. The SMILES string of the molecule is CCCCn1c(SCc2nc3ccc(O)cc3o2)n[nH]c1=O. The number of nitrogens with one attached hydrogen (secondary N) is 1. The number of aromatic hydroxyl groups is 1. The zero-order valence-corrected chi connectivity index (χ0v) is 12.9. The van der Waals surface area contributed by atoms with E-state index in [1.807, 2.05) is 0 Å². The number of aromatic nitrogens is 4. The number of H-pyrrole nitrogens is 1. The second-order valence-corrected chi connectivity index (χ2v) is 5.81. The minimum Gasteiger partial charge on any atom is -0.508 e. The van der Waals surface area contributed by atoms with E-state index in [4.69, 9.17) is 4.42 Å². The Morgan fingerprint density at radius 3 is 3.14 bits per heavy atom. The highest BCUT2D eigenvalue weighted by Crippen LogP contribution is 2.25. The van der Waals surface area contributed by atoms with Gasteiger partial charge in [0.05, 0.1) is 5.75 Å². The Morgan fingerprint density at radius 1 is 1.45 bits per heavy atom. The number of oxazole rings is 1. The van der Waals surface area contributed by atoms with Crippen LogP contribution in [0.15, 0.2) is 32.6 Å². The summed E-state index contributed by atoms with van der Waals surface area (Å²) in [5.41, 5.74) is 1.04. The Kier molecular flexibility index (Phi) is 4.19. The van der Waals surface area contributed by atoms with Crippen molar-refractivity contribution in [2.24, 2.45) is 0 Å². The first-order chi connectivity index (χ1) is 10.7. The standard InChI is InChI=1S/C14H16N4O3S/c1-2-3-6-18-13(20)16-17-14(18)22-8-12-15-10-5-4-9(19)7-11(10)21-12/h4-5,7,19H,2-3,6,8H2,1H3,(H,16,20). The molecule has 0 unspecified atom stereocenters. The van der Waals surface area contributed by atoms with Crippen LogP contribution in [-0.4, -0.2) is 24.9 Å². The molecule has 0 fully saturated rings. The average molecular weight is 320 g/mol. The number of hydrogen-bond donors (Lipinski definition) is 2. The molecule has 0 atom stereocenters. The molecule has 0 saturated heterocycles. The van der Waals surface area contributed by atoms with E-state index in [0.717, 1.165) is 12.8 Å². The maximum atomic E-state index is 11.7. The van der Waals surface area contributed by atoms with Gasteiger partial charge < -0.3 is 9.52 Å². The topological polar surface area (TPSA) is 96.9 Å². The Labute approximate surface area is 130 Å². The molecular formula is C14H16N4O3S. The third-order valence-electron chi connectivity index (χ3n) is 3.20. The second kappa shape index (κ2) is 6.27. The normalized spacial score (nSPS) is 11.3. The summed E-state index contributed by atoms with van der Waals surface area (Å²) in [4.78, 5) is 16.0. The van der Waals surface area contributed by atoms with Gasteiger partial charge in [0, 0.05) is 12.6 Å². The summed E-state index contributed by atoms with van der Waals surface area (Å²) >= 11 is 1.39. The molecule has 0 aliphatic carbocycles. The van der Waals surface area contributed by atoms with Gasteiger partial charge in [-0.2, -0.15) is 0 Å². The highest BCUT2D eigenvalue weighted by atomic mass is 32.2. The minimum absolute atomic E-state index is 0.142. The van der Waals surface area contributed by atoms with Gasteiger partial charge in [0.2, 0.25) is 5.89 Å². The fraction of sp³-hybridized carbons (Fsp3) is 0.357. The number of fused-ring (bicyclic) bond motifs is 1. The Bertz CT molecular complexity index is 836. The van der Waals surface area contributed by atoms with E-state index in [-0.39, 0.29) is 11.4 Å². The zero-order chi connectivity index (χ0) is 15.5.